The van der Waals surface area contributed by atoms with Crippen LogP contribution < -0.4 is 0 Å². The van der Waals surface area contributed by atoms with Crippen LogP contribution in [0, 0.1) is 0 Å². The molecule has 0 amide bonds. The number of hydrogen-bond donors (Lipinski definition) is 0. The molecule has 1 aliphatic heterocycles. The molecule has 2 nitrogen and oxygen atoms in total. The molecule has 218 valence electrons. The summed E-state index contributed by atoms with van der Waals surface area (Å²) < 4.78 is 2.41. The number of ketones is 1. The second-order valence-electron chi connectivity index (χ2n) is 12.4. The van der Waals surface area contributed by atoms with Crippen molar-refractivity contribution in [1.82, 2.24) is 4.57 Å². The van der Waals surface area contributed by atoms with Gasteiger partial charge in [0.1, 0.15) is 0 Å². The van der Waals surface area contributed by atoms with E-state index in [-0.39, 0.29) is 5.78 Å². The smallest absolute Gasteiger partial charge is 0.193 e. The summed E-state index contributed by atoms with van der Waals surface area (Å²) in [5, 5.41) is 2.46. The first-order valence-corrected chi connectivity index (χ1v) is 16.0. The molecule has 46 heavy (non-hydrogen) atoms. The molecule has 6 aromatic carbocycles. The van der Waals surface area contributed by atoms with Gasteiger partial charge in [0.15, 0.2) is 5.78 Å². The molecule has 1 aromatic heterocycles. The number of para-hydroxylation sites is 2. The van der Waals surface area contributed by atoms with E-state index >= 15 is 0 Å². The fourth-order valence-corrected chi connectivity index (χ4v) is 7.93. The molecule has 2 aliphatic rings. The topological polar surface area (TPSA) is 22.0 Å². The lowest BCUT2D eigenvalue weighted by Crippen LogP contribution is -2.35. The highest BCUT2D eigenvalue weighted by Crippen LogP contribution is 2.54. The second kappa shape index (κ2) is 10.4. The largest absolute Gasteiger partial charge is 0.309 e. The van der Waals surface area contributed by atoms with Gasteiger partial charge in [-0.15, -0.1) is 0 Å². The molecular weight excluding hydrogens is 558 g/mol. The van der Waals surface area contributed by atoms with Gasteiger partial charge in [0.25, 0.3) is 0 Å². The Labute approximate surface area is 268 Å². The molecule has 0 bridgehead atoms. The van der Waals surface area contributed by atoms with E-state index in [4.69, 9.17) is 0 Å². The Balaban J connectivity index is 1.32. The van der Waals surface area contributed by atoms with Gasteiger partial charge in [-0.25, -0.2) is 0 Å². The molecule has 1 unspecified atom stereocenters. The maximum atomic E-state index is 14.3. The van der Waals surface area contributed by atoms with E-state index in [1.165, 1.54) is 44.1 Å². The minimum atomic E-state index is -0.636. The molecule has 0 saturated carbocycles. The normalized spacial score (nSPS) is 16.0. The van der Waals surface area contributed by atoms with Gasteiger partial charge in [-0.2, -0.15) is 0 Å². The number of carbonyl (C=O) groups excluding carboxylic acids is 1. The van der Waals surface area contributed by atoms with E-state index in [1.54, 1.807) is 0 Å². The van der Waals surface area contributed by atoms with E-state index in [0.717, 1.165) is 17.7 Å². The van der Waals surface area contributed by atoms with E-state index in [9.17, 15) is 4.79 Å². The molecule has 0 radical (unpaired) electrons. The zero-order chi connectivity index (χ0) is 30.7. The van der Waals surface area contributed by atoms with Crippen LogP contribution in [0.25, 0.3) is 27.5 Å². The number of nitrogens with zero attached hydrogens (tertiary/aromatic N) is 1. The van der Waals surface area contributed by atoms with Crippen LogP contribution in [-0.2, 0) is 5.41 Å². The van der Waals surface area contributed by atoms with Crippen molar-refractivity contribution >= 4 is 27.6 Å². The molecule has 1 aliphatic carbocycles. The number of aromatic nitrogens is 1. The minimum Gasteiger partial charge on any atom is -0.309 e. The average Bonchev–Trinajstić information content (AvgIpc) is 3.48. The zero-order valence-electron chi connectivity index (χ0n) is 25.3. The van der Waals surface area contributed by atoms with Crippen molar-refractivity contribution in [1.29, 1.82) is 0 Å². The maximum Gasteiger partial charge on any atom is 0.193 e. The monoisotopic (exact) mass is 589 g/mol. The van der Waals surface area contributed by atoms with Crippen LogP contribution in [0.15, 0.2) is 170 Å². The van der Waals surface area contributed by atoms with E-state index in [2.05, 4.69) is 156 Å². The highest BCUT2D eigenvalue weighted by molar-refractivity contribution is 6.13. The second-order valence-corrected chi connectivity index (χ2v) is 12.4. The summed E-state index contributed by atoms with van der Waals surface area (Å²) in [6, 6.07) is 51.5. The SMILES string of the molecule is O=C(c1ccc(C2C=CC=CC2)cc1)c1ccc2c(c1)C(c1ccccc1)(c1ccccc1)c1cccc3c4ccccc4n-2c13. The van der Waals surface area contributed by atoms with Crippen LogP contribution in [0.1, 0.15) is 56.1 Å². The summed E-state index contributed by atoms with van der Waals surface area (Å²) >= 11 is 0. The van der Waals surface area contributed by atoms with Gasteiger partial charge in [-0.1, -0.05) is 146 Å². The molecule has 0 spiro atoms. The standard InChI is InChI=1S/C44H31NO/c46-43(32-25-23-31(24-26-32)30-13-4-1-5-14-30)33-27-28-41-39(29-33)44(34-15-6-2-7-16-34,35-17-8-3-9-18-35)38-21-12-20-37-36-19-10-11-22-40(36)45(41)42(37)38/h1-13,15-30H,14H2. The highest BCUT2D eigenvalue weighted by atomic mass is 16.1. The third-order valence-electron chi connectivity index (χ3n) is 10.00. The molecule has 2 heterocycles. The minimum absolute atomic E-state index is 0.0322. The summed E-state index contributed by atoms with van der Waals surface area (Å²) in [7, 11) is 0. The summed E-state index contributed by atoms with van der Waals surface area (Å²) in [5.41, 5.74) is 10.1. The van der Waals surface area contributed by atoms with Crippen molar-refractivity contribution in [3.63, 3.8) is 0 Å². The molecular formula is C44H31NO. The van der Waals surface area contributed by atoms with Crippen molar-refractivity contribution in [3.05, 3.63) is 209 Å². The number of hydrogen-bond acceptors (Lipinski definition) is 1. The fourth-order valence-electron chi connectivity index (χ4n) is 7.93. The van der Waals surface area contributed by atoms with Crippen LogP contribution in [0.3, 0.4) is 0 Å². The van der Waals surface area contributed by atoms with Gasteiger partial charge in [0, 0.05) is 27.8 Å². The Kier molecular flexibility index (Phi) is 6.04. The van der Waals surface area contributed by atoms with Gasteiger partial charge in [0.05, 0.1) is 22.1 Å². The summed E-state index contributed by atoms with van der Waals surface area (Å²) in [6.45, 7) is 0. The van der Waals surface area contributed by atoms with Gasteiger partial charge < -0.3 is 4.57 Å². The van der Waals surface area contributed by atoms with Crippen molar-refractivity contribution < 1.29 is 4.79 Å². The quantitative estimate of drug-likeness (QED) is 0.183. The van der Waals surface area contributed by atoms with E-state index in [1.807, 2.05) is 18.2 Å². The lowest BCUT2D eigenvalue weighted by Gasteiger charge is -2.42. The molecule has 2 heteroatoms. The Bertz CT molecular complexity index is 2300. The van der Waals surface area contributed by atoms with Gasteiger partial charge in [-0.3, -0.25) is 4.79 Å². The molecule has 9 rings (SSSR count). The first-order chi connectivity index (χ1) is 22.7. The lowest BCUT2D eigenvalue weighted by atomic mass is 9.63. The van der Waals surface area contributed by atoms with Gasteiger partial charge in [-0.05, 0) is 58.5 Å². The van der Waals surface area contributed by atoms with Crippen LogP contribution >= 0.6 is 0 Å². The fraction of sp³-hybridized carbons (Fsp3) is 0.0682. The van der Waals surface area contributed by atoms with Gasteiger partial charge in [0.2, 0.25) is 0 Å². The molecule has 7 aromatic rings. The van der Waals surface area contributed by atoms with Gasteiger partial charge >= 0.3 is 0 Å². The molecule has 0 saturated heterocycles. The van der Waals surface area contributed by atoms with Crippen LogP contribution in [0.4, 0.5) is 0 Å². The predicted molar refractivity (Wildman–Crippen MR) is 188 cm³/mol. The van der Waals surface area contributed by atoms with Crippen molar-refractivity contribution in [2.75, 3.05) is 0 Å². The molecule has 1 atom stereocenters. The van der Waals surface area contributed by atoms with Crippen LogP contribution in [0.2, 0.25) is 0 Å². The Morgan fingerprint density at radius 2 is 1.28 bits per heavy atom. The summed E-state index contributed by atoms with van der Waals surface area (Å²) in [6.07, 6.45) is 9.61. The number of benzene rings is 6. The predicted octanol–water partition coefficient (Wildman–Crippen LogP) is 10.3. The highest BCUT2D eigenvalue weighted by Gasteiger charge is 2.45. The van der Waals surface area contributed by atoms with E-state index in [0.29, 0.717) is 17.0 Å². The lowest BCUT2D eigenvalue weighted by molar-refractivity contribution is 0.103. The Morgan fingerprint density at radius 1 is 0.609 bits per heavy atom. The number of allylic oxidation sites excluding steroid dienone is 4. The van der Waals surface area contributed by atoms with Crippen molar-refractivity contribution in [2.24, 2.45) is 0 Å². The third-order valence-corrected chi connectivity index (χ3v) is 10.00. The van der Waals surface area contributed by atoms with Crippen LogP contribution in [-0.4, -0.2) is 10.4 Å². The summed E-state index contributed by atoms with van der Waals surface area (Å²) in [5.74, 6) is 0.383. The van der Waals surface area contributed by atoms with Crippen molar-refractivity contribution in [2.45, 2.75) is 17.8 Å². The van der Waals surface area contributed by atoms with E-state index < -0.39 is 5.41 Å². The Morgan fingerprint density at radius 3 is 2.00 bits per heavy atom. The first-order valence-electron chi connectivity index (χ1n) is 16.0. The number of fused-ring (bicyclic) bond motifs is 5. The zero-order valence-corrected chi connectivity index (χ0v) is 25.3. The molecule has 0 N–H and O–H groups in total. The van der Waals surface area contributed by atoms with Crippen molar-refractivity contribution in [3.8, 4) is 5.69 Å². The average molecular weight is 590 g/mol. The number of rotatable bonds is 5. The summed E-state index contributed by atoms with van der Waals surface area (Å²) in [4.78, 5) is 14.3. The molecule has 0 fully saturated rings. The third kappa shape index (κ3) is 3.80. The number of carbonyl (C=O) groups is 1. The van der Waals surface area contributed by atoms with Crippen LogP contribution in [0.5, 0.6) is 0 Å². The maximum absolute atomic E-state index is 14.3. The Hall–Kier alpha value is -5.73. The first kappa shape index (κ1) is 26.7.